The molecule has 0 saturated carbocycles. The second kappa shape index (κ2) is 5.84. The first kappa shape index (κ1) is 13.0. The van der Waals surface area contributed by atoms with Gasteiger partial charge in [0.1, 0.15) is 5.82 Å². The molecule has 0 aliphatic heterocycles. The summed E-state index contributed by atoms with van der Waals surface area (Å²) in [7, 11) is 0. The van der Waals surface area contributed by atoms with Gasteiger partial charge < -0.3 is 10.6 Å². The van der Waals surface area contributed by atoms with E-state index in [0.29, 0.717) is 10.2 Å². The molecule has 1 aromatic rings. The number of anilines is 1. The highest BCUT2D eigenvalue weighted by molar-refractivity contribution is 9.10. The van der Waals surface area contributed by atoms with Crippen LogP contribution in [0, 0.1) is 5.82 Å². The van der Waals surface area contributed by atoms with Crippen molar-refractivity contribution < 1.29 is 9.18 Å². The Morgan fingerprint density at radius 2 is 2.19 bits per heavy atom. The largest absolute Gasteiger partial charge is 0.373 e. The maximum Gasteiger partial charge on any atom is 0.239 e. The number of carbonyl (C=O) groups excluding carboxylic acids is 1. The molecule has 0 aliphatic carbocycles. The molecule has 1 amide bonds. The van der Waals surface area contributed by atoms with Gasteiger partial charge in [-0.05, 0) is 41.9 Å². The predicted molar refractivity (Wildman–Crippen MR) is 65.9 cm³/mol. The van der Waals surface area contributed by atoms with Gasteiger partial charge in [0.05, 0.1) is 12.2 Å². The van der Waals surface area contributed by atoms with E-state index in [1.807, 2.05) is 13.8 Å². The molecule has 0 heterocycles. The van der Waals surface area contributed by atoms with Crippen molar-refractivity contribution in [3.63, 3.8) is 0 Å². The molecule has 1 rings (SSSR count). The lowest BCUT2D eigenvalue weighted by Crippen LogP contribution is -2.35. The fourth-order valence-corrected chi connectivity index (χ4v) is 1.69. The second-order valence-electron chi connectivity index (χ2n) is 3.67. The number of nitrogens with one attached hydrogen (secondary N) is 2. The van der Waals surface area contributed by atoms with Crippen LogP contribution in [-0.4, -0.2) is 18.5 Å². The van der Waals surface area contributed by atoms with Crippen molar-refractivity contribution in [2.45, 2.75) is 19.9 Å². The van der Waals surface area contributed by atoms with Gasteiger partial charge in [0.2, 0.25) is 5.91 Å². The van der Waals surface area contributed by atoms with Crippen LogP contribution in [0.3, 0.4) is 0 Å². The van der Waals surface area contributed by atoms with Crippen molar-refractivity contribution in [2.24, 2.45) is 0 Å². The van der Waals surface area contributed by atoms with Crippen LogP contribution in [0.1, 0.15) is 13.8 Å². The van der Waals surface area contributed by atoms with E-state index < -0.39 is 0 Å². The highest BCUT2D eigenvalue weighted by atomic mass is 79.9. The number of halogens is 2. The van der Waals surface area contributed by atoms with Gasteiger partial charge in [-0.2, -0.15) is 0 Å². The Morgan fingerprint density at radius 1 is 1.50 bits per heavy atom. The number of amides is 1. The summed E-state index contributed by atoms with van der Waals surface area (Å²) in [5, 5.41) is 5.47. The molecule has 0 radical (unpaired) electrons. The second-order valence-corrected chi connectivity index (χ2v) is 4.53. The molecule has 5 heteroatoms. The van der Waals surface area contributed by atoms with E-state index in [1.54, 1.807) is 12.1 Å². The first-order valence-corrected chi connectivity index (χ1v) is 5.77. The molecule has 0 saturated heterocycles. The average Bonchev–Trinajstić information content (AvgIpc) is 2.15. The Labute approximate surface area is 103 Å². The predicted octanol–water partition coefficient (Wildman–Crippen LogP) is 2.52. The minimum absolute atomic E-state index is 0.0533. The quantitative estimate of drug-likeness (QED) is 0.894. The van der Waals surface area contributed by atoms with Crippen molar-refractivity contribution in [3.8, 4) is 0 Å². The van der Waals surface area contributed by atoms with Crippen LogP contribution in [0.5, 0.6) is 0 Å². The molecule has 0 unspecified atom stereocenters. The Hall–Kier alpha value is -1.10. The Balaban J connectivity index is 2.58. The minimum Gasteiger partial charge on any atom is -0.373 e. The van der Waals surface area contributed by atoms with Gasteiger partial charge in [-0.1, -0.05) is 6.07 Å². The highest BCUT2D eigenvalue weighted by Gasteiger charge is 2.08. The molecule has 0 bridgehead atoms. The molecule has 0 aromatic heterocycles. The van der Waals surface area contributed by atoms with Gasteiger partial charge in [0, 0.05) is 10.5 Å². The molecule has 0 fully saturated rings. The molecule has 88 valence electrons. The van der Waals surface area contributed by atoms with Crippen LogP contribution in [0.15, 0.2) is 22.7 Å². The molecule has 2 N–H and O–H groups in total. The topological polar surface area (TPSA) is 41.1 Å². The first-order valence-electron chi connectivity index (χ1n) is 4.98. The van der Waals surface area contributed by atoms with Crippen LogP contribution in [0.2, 0.25) is 0 Å². The van der Waals surface area contributed by atoms with Crippen molar-refractivity contribution in [3.05, 3.63) is 28.5 Å². The zero-order valence-electron chi connectivity index (χ0n) is 9.18. The standard InChI is InChI=1S/C11H14BrFN2O/c1-7(2)15-10(16)6-14-11-8(12)4-3-5-9(11)13/h3-5,7,14H,6H2,1-2H3,(H,15,16). The van der Waals surface area contributed by atoms with Crippen molar-refractivity contribution in [1.82, 2.24) is 5.32 Å². The monoisotopic (exact) mass is 288 g/mol. The number of carbonyl (C=O) groups is 1. The molecule has 0 atom stereocenters. The Bertz CT molecular complexity index is 362. The fourth-order valence-electron chi connectivity index (χ4n) is 1.21. The van der Waals surface area contributed by atoms with Crippen molar-refractivity contribution in [2.75, 3.05) is 11.9 Å². The van der Waals surface area contributed by atoms with E-state index in [1.165, 1.54) is 6.07 Å². The van der Waals surface area contributed by atoms with Gasteiger partial charge in [0.25, 0.3) is 0 Å². The third kappa shape index (κ3) is 3.81. The summed E-state index contributed by atoms with van der Waals surface area (Å²) in [6, 6.07) is 4.73. The highest BCUT2D eigenvalue weighted by Crippen LogP contribution is 2.24. The van der Waals surface area contributed by atoms with E-state index in [9.17, 15) is 9.18 Å². The van der Waals surface area contributed by atoms with Gasteiger partial charge in [0.15, 0.2) is 0 Å². The maximum absolute atomic E-state index is 13.3. The Kier molecular flexibility index (Phi) is 4.73. The smallest absolute Gasteiger partial charge is 0.239 e. The molecule has 0 aliphatic rings. The molecule has 3 nitrogen and oxygen atoms in total. The van der Waals surface area contributed by atoms with Gasteiger partial charge in [-0.25, -0.2) is 4.39 Å². The molecular weight excluding hydrogens is 275 g/mol. The number of benzene rings is 1. The van der Waals surface area contributed by atoms with Gasteiger partial charge >= 0.3 is 0 Å². The average molecular weight is 289 g/mol. The summed E-state index contributed by atoms with van der Waals surface area (Å²) >= 11 is 3.21. The number of para-hydroxylation sites is 1. The van der Waals surface area contributed by atoms with E-state index in [0.717, 1.165) is 0 Å². The van der Waals surface area contributed by atoms with Crippen molar-refractivity contribution in [1.29, 1.82) is 0 Å². The third-order valence-corrected chi connectivity index (χ3v) is 2.50. The van der Waals surface area contributed by atoms with Crippen LogP contribution >= 0.6 is 15.9 Å². The fraction of sp³-hybridized carbons (Fsp3) is 0.364. The molecule has 0 spiro atoms. The first-order chi connectivity index (χ1) is 7.50. The normalized spacial score (nSPS) is 10.3. The van der Waals surface area contributed by atoms with Crippen LogP contribution in [0.25, 0.3) is 0 Å². The molecular formula is C11H14BrFN2O. The number of rotatable bonds is 4. The molecule has 16 heavy (non-hydrogen) atoms. The lowest BCUT2D eigenvalue weighted by Gasteiger charge is -2.11. The summed E-state index contributed by atoms with van der Waals surface area (Å²) in [5.41, 5.74) is 0.307. The summed E-state index contributed by atoms with van der Waals surface area (Å²) in [6.07, 6.45) is 0. The summed E-state index contributed by atoms with van der Waals surface area (Å²) < 4.78 is 13.9. The van der Waals surface area contributed by atoms with E-state index in [2.05, 4.69) is 26.6 Å². The lowest BCUT2D eigenvalue weighted by molar-refractivity contribution is -0.119. The van der Waals surface area contributed by atoms with Gasteiger partial charge in [-0.15, -0.1) is 0 Å². The third-order valence-electron chi connectivity index (χ3n) is 1.84. The van der Waals surface area contributed by atoms with Crippen molar-refractivity contribution >= 4 is 27.5 Å². The summed E-state index contributed by atoms with van der Waals surface area (Å²) in [6.45, 7) is 3.80. The van der Waals surface area contributed by atoms with Gasteiger partial charge in [-0.3, -0.25) is 4.79 Å². The number of hydrogen-bond donors (Lipinski definition) is 2. The summed E-state index contributed by atoms with van der Waals surface area (Å²) in [5.74, 6) is -0.545. The maximum atomic E-state index is 13.3. The van der Waals surface area contributed by atoms with E-state index in [-0.39, 0.29) is 24.3 Å². The Morgan fingerprint density at radius 3 is 2.75 bits per heavy atom. The van der Waals surface area contributed by atoms with Crippen LogP contribution in [-0.2, 0) is 4.79 Å². The summed E-state index contributed by atoms with van der Waals surface area (Å²) in [4.78, 5) is 11.3. The van der Waals surface area contributed by atoms with E-state index >= 15 is 0 Å². The zero-order chi connectivity index (χ0) is 12.1. The zero-order valence-corrected chi connectivity index (χ0v) is 10.8. The molecule has 1 aromatic carbocycles. The number of hydrogen-bond acceptors (Lipinski definition) is 2. The minimum atomic E-state index is -0.383. The van der Waals surface area contributed by atoms with Crippen LogP contribution in [0.4, 0.5) is 10.1 Å². The SMILES string of the molecule is CC(C)NC(=O)CNc1c(F)cccc1Br. The van der Waals surface area contributed by atoms with E-state index in [4.69, 9.17) is 0 Å². The lowest BCUT2D eigenvalue weighted by atomic mass is 10.3. The van der Waals surface area contributed by atoms with Crippen LogP contribution < -0.4 is 10.6 Å².